The molecule has 2 fully saturated rings. The molecule has 3 rings (SSSR count). The molecule has 22 heavy (non-hydrogen) atoms. The van der Waals surface area contributed by atoms with Crippen molar-refractivity contribution in [3.8, 4) is 0 Å². The summed E-state index contributed by atoms with van der Waals surface area (Å²) in [6.07, 6.45) is 2.28. The highest BCUT2D eigenvalue weighted by Gasteiger charge is 2.59. The molecule has 0 aromatic carbocycles. The summed E-state index contributed by atoms with van der Waals surface area (Å²) in [6.45, 7) is 7.21. The van der Waals surface area contributed by atoms with E-state index in [-0.39, 0.29) is 22.7 Å². The van der Waals surface area contributed by atoms with Crippen molar-refractivity contribution in [3.63, 3.8) is 0 Å². The van der Waals surface area contributed by atoms with Gasteiger partial charge >= 0.3 is 5.97 Å². The van der Waals surface area contributed by atoms with E-state index in [2.05, 4.69) is 5.16 Å². The molecule has 1 amide bonds. The van der Waals surface area contributed by atoms with Gasteiger partial charge < -0.3 is 14.5 Å². The summed E-state index contributed by atoms with van der Waals surface area (Å²) in [5, 5.41) is 13.0. The van der Waals surface area contributed by atoms with Gasteiger partial charge in [-0.05, 0) is 24.7 Å². The van der Waals surface area contributed by atoms with Crippen LogP contribution in [0.1, 0.15) is 56.3 Å². The topological polar surface area (TPSA) is 83.6 Å². The van der Waals surface area contributed by atoms with Gasteiger partial charge in [-0.3, -0.25) is 9.59 Å². The Morgan fingerprint density at radius 3 is 2.45 bits per heavy atom. The third-order valence-electron chi connectivity index (χ3n) is 5.00. The normalized spacial score (nSPS) is 23.6. The van der Waals surface area contributed by atoms with Crippen LogP contribution in [0.4, 0.5) is 0 Å². The van der Waals surface area contributed by atoms with Crippen LogP contribution in [0.5, 0.6) is 0 Å². The zero-order chi connectivity index (χ0) is 16.1. The Kier molecular flexibility index (Phi) is 3.30. The molecule has 1 atom stereocenters. The number of aliphatic carboxylic acids is 1. The van der Waals surface area contributed by atoms with Crippen molar-refractivity contribution in [2.24, 2.45) is 11.3 Å². The van der Waals surface area contributed by atoms with Gasteiger partial charge in [0.2, 0.25) is 0 Å². The Morgan fingerprint density at radius 2 is 2.00 bits per heavy atom. The van der Waals surface area contributed by atoms with Crippen LogP contribution in [0, 0.1) is 11.3 Å². The third-order valence-corrected chi connectivity index (χ3v) is 5.00. The molecule has 6 nitrogen and oxygen atoms in total. The van der Waals surface area contributed by atoms with E-state index in [0.29, 0.717) is 24.5 Å². The smallest absolute Gasteiger partial charge is 0.307 e. The minimum atomic E-state index is -0.703. The predicted molar refractivity (Wildman–Crippen MR) is 78.5 cm³/mol. The Balaban J connectivity index is 1.63. The molecular weight excluding hydrogens is 284 g/mol. The molecule has 1 aromatic heterocycles. The second kappa shape index (κ2) is 4.83. The number of likely N-dealkylation sites (tertiary alicyclic amines) is 1. The van der Waals surface area contributed by atoms with Gasteiger partial charge in [-0.2, -0.15) is 0 Å². The Labute approximate surface area is 129 Å². The molecule has 1 aromatic rings. The van der Waals surface area contributed by atoms with Crippen molar-refractivity contribution in [3.05, 3.63) is 17.5 Å². The third kappa shape index (κ3) is 2.51. The average Bonchev–Trinajstić information content (AvgIpc) is 2.93. The Morgan fingerprint density at radius 1 is 1.36 bits per heavy atom. The molecule has 1 saturated carbocycles. The second-order valence-electron chi connectivity index (χ2n) is 7.58. The van der Waals surface area contributed by atoms with E-state index in [4.69, 9.17) is 9.63 Å². The Bertz CT molecular complexity index is 606. The summed E-state index contributed by atoms with van der Waals surface area (Å²) in [5.41, 5.74) is 0.0925. The lowest BCUT2D eigenvalue weighted by Crippen LogP contribution is -2.40. The monoisotopic (exact) mass is 306 g/mol. The number of nitrogens with zero attached hydrogens (tertiary/aromatic N) is 2. The van der Waals surface area contributed by atoms with Crippen molar-refractivity contribution < 1.29 is 19.2 Å². The van der Waals surface area contributed by atoms with E-state index in [9.17, 15) is 9.59 Å². The van der Waals surface area contributed by atoms with Gasteiger partial charge in [0.1, 0.15) is 5.76 Å². The molecule has 0 bridgehead atoms. The molecule has 1 saturated heterocycles. The average molecular weight is 306 g/mol. The van der Waals surface area contributed by atoms with E-state index >= 15 is 0 Å². The van der Waals surface area contributed by atoms with E-state index in [1.54, 1.807) is 11.0 Å². The van der Waals surface area contributed by atoms with Crippen molar-refractivity contribution in [1.29, 1.82) is 0 Å². The van der Waals surface area contributed by atoms with Crippen LogP contribution < -0.4 is 0 Å². The van der Waals surface area contributed by atoms with Crippen molar-refractivity contribution >= 4 is 11.9 Å². The van der Waals surface area contributed by atoms with Crippen LogP contribution in [0.3, 0.4) is 0 Å². The van der Waals surface area contributed by atoms with E-state index in [1.807, 2.05) is 20.8 Å². The van der Waals surface area contributed by atoms with Gasteiger partial charge in [0.15, 0.2) is 5.69 Å². The number of amides is 1. The molecular formula is C16H22N2O4. The number of carbonyl (C=O) groups is 2. The molecule has 6 heteroatoms. The number of carboxylic acids is 1. The Hall–Kier alpha value is -1.85. The SMILES string of the molecule is CC(C)(C)c1cc(C(=O)N2CCC3(CC2)CC3C(=O)O)no1. The first kappa shape index (κ1) is 15.1. The summed E-state index contributed by atoms with van der Waals surface area (Å²) in [6, 6.07) is 1.71. The molecule has 0 radical (unpaired) electrons. The fourth-order valence-corrected chi connectivity index (χ4v) is 3.30. The summed E-state index contributed by atoms with van der Waals surface area (Å²) in [7, 11) is 0. The van der Waals surface area contributed by atoms with Crippen LogP contribution in [-0.4, -0.2) is 40.1 Å². The molecule has 1 aliphatic heterocycles. The van der Waals surface area contributed by atoms with E-state index in [0.717, 1.165) is 19.3 Å². The molecule has 1 N–H and O–H groups in total. The maximum Gasteiger partial charge on any atom is 0.307 e. The molecule has 1 aliphatic carbocycles. The lowest BCUT2D eigenvalue weighted by Gasteiger charge is -2.32. The number of rotatable bonds is 2. The molecule has 2 heterocycles. The highest BCUT2D eigenvalue weighted by Crippen LogP contribution is 2.59. The highest BCUT2D eigenvalue weighted by molar-refractivity contribution is 5.92. The van der Waals surface area contributed by atoms with Crippen LogP contribution in [0.15, 0.2) is 10.6 Å². The van der Waals surface area contributed by atoms with Gasteiger partial charge in [0.25, 0.3) is 5.91 Å². The molecule has 1 unspecified atom stereocenters. The number of carboxylic acid groups (broad SMARTS) is 1. The van der Waals surface area contributed by atoms with Crippen molar-refractivity contribution in [1.82, 2.24) is 10.1 Å². The number of hydrogen-bond acceptors (Lipinski definition) is 4. The van der Waals surface area contributed by atoms with Crippen molar-refractivity contribution in [2.45, 2.75) is 45.4 Å². The quantitative estimate of drug-likeness (QED) is 0.906. The van der Waals surface area contributed by atoms with Gasteiger partial charge in [0, 0.05) is 24.6 Å². The summed E-state index contributed by atoms with van der Waals surface area (Å²) < 4.78 is 5.27. The van der Waals surface area contributed by atoms with Gasteiger partial charge in [0.05, 0.1) is 5.92 Å². The van der Waals surface area contributed by atoms with Crippen molar-refractivity contribution in [2.75, 3.05) is 13.1 Å². The summed E-state index contributed by atoms with van der Waals surface area (Å²) in [5.74, 6) is -0.352. The maximum atomic E-state index is 12.5. The summed E-state index contributed by atoms with van der Waals surface area (Å²) >= 11 is 0. The van der Waals surface area contributed by atoms with E-state index in [1.165, 1.54) is 0 Å². The van der Waals surface area contributed by atoms with Crippen LogP contribution in [0.2, 0.25) is 0 Å². The fourth-order valence-electron chi connectivity index (χ4n) is 3.30. The summed E-state index contributed by atoms with van der Waals surface area (Å²) in [4.78, 5) is 25.3. The first-order valence-corrected chi connectivity index (χ1v) is 7.72. The minimum Gasteiger partial charge on any atom is -0.481 e. The molecule has 120 valence electrons. The van der Waals surface area contributed by atoms with Gasteiger partial charge in [-0.25, -0.2) is 0 Å². The molecule has 2 aliphatic rings. The van der Waals surface area contributed by atoms with E-state index < -0.39 is 5.97 Å². The lowest BCUT2D eigenvalue weighted by atomic mass is 9.90. The zero-order valence-electron chi connectivity index (χ0n) is 13.3. The molecule has 1 spiro atoms. The number of aromatic nitrogens is 1. The largest absolute Gasteiger partial charge is 0.481 e. The fraction of sp³-hybridized carbons (Fsp3) is 0.688. The van der Waals surface area contributed by atoms with Gasteiger partial charge in [-0.15, -0.1) is 0 Å². The van der Waals surface area contributed by atoms with Crippen LogP contribution >= 0.6 is 0 Å². The maximum absolute atomic E-state index is 12.5. The lowest BCUT2D eigenvalue weighted by molar-refractivity contribution is -0.139. The van der Waals surface area contributed by atoms with Crippen LogP contribution in [0.25, 0.3) is 0 Å². The zero-order valence-corrected chi connectivity index (χ0v) is 13.3. The number of hydrogen-bond donors (Lipinski definition) is 1. The highest BCUT2D eigenvalue weighted by atomic mass is 16.5. The minimum absolute atomic E-state index is 0.0665. The number of carbonyl (C=O) groups excluding carboxylic acids is 1. The number of piperidine rings is 1. The predicted octanol–water partition coefficient (Wildman–Crippen LogP) is 2.30. The van der Waals surface area contributed by atoms with Gasteiger partial charge in [-0.1, -0.05) is 25.9 Å². The van der Waals surface area contributed by atoms with Crippen LogP contribution in [-0.2, 0) is 10.2 Å². The first-order chi connectivity index (χ1) is 10.2. The first-order valence-electron chi connectivity index (χ1n) is 7.72. The standard InChI is InChI=1S/C16H22N2O4/c1-15(2,3)12-8-11(17-22-12)13(19)18-6-4-16(5-7-18)9-10(16)14(20)21/h8,10H,4-7,9H2,1-3H3,(H,20,21). The second-order valence-corrected chi connectivity index (χ2v) is 7.58.